The minimum Gasteiger partial charge on any atom is -0.349 e. The molecule has 4 rings (SSSR count). The van der Waals surface area contributed by atoms with Gasteiger partial charge in [0.25, 0.3) is 5.91 Å². The van der Waals surface area contributed by atoms with Gasteiger partial charge in [-0.3, -0.25) is 4.79 Å². The van der Waals surface area contributed by atoms with Gasteiger partial charge in [0.15, 0.2) is 11.3 Å². The molecule has 2 heterocycles. The second-order valence-electron chi connectivity index (χ2n) is 8.03. The molecule has 0 spiro atoms. The molecule has 3 atom stereocenters. The maximum Gasteiger partial charge on any atom is 0.433 e. The van der Waals surface area contributed by atoms with Crippen LogP contribution >= 0.6 is 0 Å². The van der Waals surface area contributed by atoms with Gasteiger partial charge in [-0.05, 0) is 24.3 Å². The Morgan fingerprint density at radius 3 is 2.60 bits per heavy atom. The van der Waals surface area contributed by atoms with E-state index in [2.05, 4.69) is 29.2 Å². The SMILES string of the molecule is CC1CCCC(NC(=O)c2cnn3c(C(F)(F)F)cc(-c4ccccc4)nc23)C1C. The van der Waals surface area contributed by atoms with Gasteiger partial charge in [0.1, 0.15) is 5.56 Å². The summed E-state index contributed by atoms with van der Waals surface area (Å²) in [7, 11) is 0. The van der Waals surface area contributed by atoms with E-state index in [4.69, 9.17) is 0 Å². The van der Waals surface area contributed by atoms with Gasteiger partial charge in [-0.2, -0.15) is 18.3 Å². The second kappa shape index (κ2) is 7.74. The van der Waals surface area contributed by atoms with Crippen LogP contribution in [-0.2, 0) is 6.18 Å². The third-order valence-corrected chi connectivity index (χ3v) is 6.10. The predicted molar refractivity (Wildman–Crippen MR) is 107 cm³/mol. The Labute approximate surface area is 172 Å². The zero-order valence-corrected chi connectivity index (χ0v) is 16.8. The van der Waals surface area contributed by atoms with Crippen LogP contribution in [0.4, 0.5) is 13.2 Å². The van der Waals surface area contributed by atoms with E-state index in [0.717, 1.165) is 25.3 Å². The Bertz CT molecular complexity index is 1060. The molecule has 5 nitrogen and oxygen atoms in total. The number of rotatable bonds is 3. The monoisotopic (exact) mass is 416 g/mol. The highest BCUT2D eigenvalue weighted by Gasteiger charge is 2.36. The normalized spacial score (nSPS) is 22.2. The summed E-state index contributed by atoms with van der Waals surface area (Å²) in [5.74, 6) is 0.331. The predicted octanol–water partition coefficient (Wildman–Crippen LogP) is 4.97. The number of amides is 1. The van der Waals surface area contributed by atoms with E-state index in [1.54, 1.807) is 30.3 Å². The average molecular weight is 416 g/mol. The van der Waals surface area contributed by atoms with Crippen LogP contribution in [0.1, 0.15) is 49.2 Å². The molecular formula is C22H23F3N4O. The van der Waals surface area contributed by atoms with Crippen molar-refractivity contribution in [2.45, 2.75) is 45.3 Å². The molecule has 2 aromatic heterocycles. The number of hydrogen-bond donors (Lipinski definition) is 1. The zero-order valence-electron chi connectivity index (χ0n) is 16.8. The average Bonchev–Trinajstić information content (AvgIpc) is 3.14. The van der Waals surface area contributed by atoms with Crippen molar-refractivity contribution in [1.82, 2.24) is 19.9 Å². The van der Waals surface area contributed by atoms with Crippen molar-refractivity contribution in [2.75, 3.05) is 0 Å². The summed E-state index contributed by atoms with van der Waals surface area (Å²) < 4.78 is 41.8. The lowest BCUT2D eigenvalue weighted by atomic mass is 9.78. The minimum absolute atomic E-state index is 0.0180. The molecule has 1 N–H and O–H groups in total. The summed E-state index contributed by atoms with van der Waals surface area (Å²) in [5, 5.41) is 6.84. The van der Waals surface area contributed by atoms with Crippen LogP contribution < -0.4 is 5.32 Å². The van der Waals surface area contributed by atoms with Crippen molar-refractivity contribution < 1.29 is 18.0 Å². The number of nitrogens with zero attached hydrogens (tertiary/aromatic N) is 3. The van der Waals surface area contributed by atoms with Crippen molar-refractivity contribution >= 4 is 11.6 Å². The molecule has 0 radical (unpaired) electrons. The van der Waals surface area contributed by atoms with Crippen molar-refractivity contribution in [3.05, 3.63) is 53.9 Å². The quantitative estimate of drug-likeness (QED) is 0.656. The number of halogens is 3. The van der Waals surface area contributed by atoms with E-state index in [1.165, 1.54) is 6.20 Å². The first kappa shape index (κ1) is 20.4. The number of aromatic nitrogens is 3. The standard InChI is InChI=1S/C22H23F3N4O/c1-13-7-6-10-17(14(13)2)28-21(30)16-12-26-29-19(22(23,24)25)11-18(27-20(16)29)15-8-4-3-5-9-15/h3-5,8-9,11-14,17H,6-7,10H2,1-2H3,(H,28,30). The summed E-state index contributed by atoms with van der Waals surface area (Å²) in [6, 6.07) is 9.53. The fourth-order valence-corrected chi connectivity index (χ4v) is 4.11. The van der Waals surface area contributed by atoms with Gasteiger partial charge in [0.2, 0.25) is 0 Å². The van der Waals surface area contributed by atoms with Gasteiger partial charge < -0.3 is 5.32 Å². The van der Waals surface area contributed by atoms with Crippen LogP contribution in [0.15, 0.2) is 42.6 Å². The van der Waals surface area contributed by atoms with Crippen LogP contribution in [0.3, 0.4) is 0 Å². The van der Waals surface area contributed by atoms with Crippen LogP contribution in [-0.4, -0.2) is 26.5 Å². The molecule has 0 bridgehead atoms. The molecule has 8 heteroatoms. The Morgan fingerprint density at radius 2 is 1.90 bits per heavy atom. The molecule has 1 aliphatic rings. The van der Waals surface area contributed by atoms with E-state index in [1.807, 2.05) is 0 Å². The van der Waals surface area contributed by atoms with Crippen LogP contribution in [0.25, 0.3) is 16.9 Å². The first-order valence-corrected chi connectivity index (χ1v) is 10.1. The van der Waals surface area contributed by atoms with E-state index in [0.29, 0.717) is 21.9 Å². The fourth-order valence-electron chi connectivity index (χ4n) is 4.11. The largest absolute Gasteiger partial charge is 0.433 e. The smallest absolute Gasteiger partial charge is 0.349 e. The number of carbonyl (C=O) groups excluding carboxylic acids is 1. The summed E-state index contributed by atoms with van der Waals surface area (Å²) in [6.45, 7) is 4.25. The third kappa shape index (κ3) is 3.78. The molecule has 1 fully saturated rings. The summed E-state index contributed by atoms with van der Waals surface area (Å²) in [6.07, 6.45) is -0.496. The third-order valence-electron chi connectivity index (χ3n) is 6.10. The number of nitrogens with one attached hydrogen (secondary N) is 1. The molecule has 30 heavy (non-hydrogen) atoms. The molecule has 1 amide bonds. The Morgan fingerprint density at radius 1 is 1.17 bits per heavy atom. The molecule has 1 aromatic carbocycles. The summed E-state index contributed by atoms with van der Waals surface area (Å²) >= 11 is 0. The topological polar surface area (TPSA) is 59.3 Å². The Hall–Kier alpha value is -2.90. The number of benzene rings is 1. The lowest BCUT2D eigenvalue weighted by molar-refractivity contribution is -0.142. The van der Waals surface area contributed by atoms with Crippen molar-refractivity contribution in [3.63, 3.8) is 0 Å². The zero-order chi connectivity index (χ0) is 21.5. The molecule has 0 saturated heterocycles. The number of alkyl halides is 3. The first-order valence-electron chi connectivity index (χ1n) is 10.1. The lowest BCUT2D eigenvalue weighted by Crippen LogP contribution is -2.43. The molecular weight excluding hydrogens is 393 g/mol. The highest BCUT2D eigenvalue weighted by Crippen LogP contribution is 2.33. The first-order chi connectivity index (χ1) is 14.3. The highest BCUT2D eigenvalue weighted by molar-refractivity contribution is 6.00. The fraction of sp³-hybridized carbons (Fsp3) is 0.409. The van der Waals surface area contributed by atoms with E-state index in [-0.39, 0.29) is 22.9 Å². The maximum absolute atomic E-state index is 13.7. The number of hydrogen-bond acceptors (Lipinski definition) is 3. The van der Waals surface area contributed by atoms with Gasteiger partial charge in [0.05, 0.1) is 11.9 Å². The maximum atomic E-state index is 13.7. The van der Waals surface area contributed by atoms with Crippen molar-refractivity contribution in [2.24, 2.45) is 11.8 Å². The van der Waals surface area contributed by atoms with Gasteiger partial charge in [-0.1, -0.05) is 57.0 Å². The summed E-state index contributed by atoms with van der Waals surface area (Å²) in [4.78, 5) is 17.3. The molecule has 3 aromatic rings. The molecule has 0 aliphatic heterocycles. The lowest BCUT2D eigenvalue weighted by Gasteiger charge is -2.34. The highest BCUT2D eigenvalue weighted by atomic mass is 19.4. The van der Waals surface area contributed by atoms with E-state index >= 15 is 0 Å². The van der Waals surface area contributed by atoms with E-state index in [9.17, 15) is 18.0 Å². The van der Waals surface area contributed by atoms with Crippen molar-refractivity contribution in [1.29, 1.82) is 0 Å². The van der Waals surface area contributed by atoms with Gasteiger partial charge in [0, 0.05) is 11.6 Å². The van der Waals surface area contributed by atoms with E-state index < -0.39 is 17.8 Å². The van der Waals surface area contributed by atoms with Crippen molar-refractivity contribution in [3.8, 4) is 11.3 Å². The minimum atomic E-state index is -4.64. The van der Waals surface area contributed by atoms with Gasteiger partial charge >= 0.3 is 6.18 Å². The molecule has 1 saturated carbocycles. The molecule has 1 aliphatic carbocycles. The number of fused-ring (bicyclic) bond motifs is 1. The van der Waals surface area contributed by atoms with Crippen LogP contribution in [0, 0.1) is 11.8 Å². The second-order valence-corrected chi connectivity index (χ2v) is 8.03. The molecule has 3 unspecified atom stereocenters. The Balaban J connectivity index is 1.77. The van der Waals surface area contributed by atoms with Gasteiger partial charge in [-0.25, -0.2) is 9.50 Å². The number of carbonyl (C=O) groups is 1. The molecule has 158 valence electrons. The van der Waals surface area contributed by atoms with Gasteiger partial charge in [-0.15, -0.1) is 0 Å². The summed E-state index contributed by atoms with van der Waals surface area (Å²) in [5.41, 5.74) is -0.344. The van der Waals surface area contributed by atoms with Crippen LogP contribution in [0.2, 0.25) is 0 Å². The van der Waals surface area contributed by atoms with Crippen LogP contribution in [0.5, 0.6) is 0 Å². The Kier molecular flexibility index (Phi) is 5.26.